The first kappa shape index (κ1) is 11.2. The Bertz CT molecular complexity index is 337. The van der Waals surface area contributed by atoms with Crippen LogP contribution in [0, 0.1) is 5.92 Å². The third kappa shape index (κ3) is 2.64. The first-order chi connectivity index (χ1) is 7.77. The van der Waals surface area contributed by atoms with Gasteiger partial charge in [-0.25, -0.2) is 0 Å². The maximum atomic E-state index is 5.85. The number of pyridine rings is 1. The molecule has 16 heavy (non-hydrogen) atoms. The lowest BCUT2D eigenvalue weighted by Crippen LogP contribution is -2.31. The van der Waals surface area contributed by atoms with Gasteiger partial charge in [-0.2, -0.15) is 0 Å². The summed E-state index contributed by atoms with van der Waals surface area (Å²) < 4.78 is 5.36. The van der Waals surface area contributed by atoms with Crippen molar-refractivity contribution in [2.75, 3.05) is 24.3 Å². The summed E-state index contributed by atoms with van der Waals surface area (Å²) in [6.45, 7) is 3.96. The van der Waals surface area contributed by atoms with E-state index in [2.05, 4.69) is 17.2 Å². The van der Waals surface area contributed by atoms with E-state index in [-0.39, 0.29) is 0 Å². The maximum absolute atomic E-state index is 5.85. The Morgan fingerprint density at radius 1 is 1.50 bits per heavy atom. The highest BCUT2D eigenvalue weighted by atomic mass is 16.5. The van der Waals surface area contributed by atoms with Gasteiger partial charge < -0.3 is 15.8 Å². The van der Waals surface area contributed by atoms with Gasteiger partial charge in [0.15, 0.2) is 0 Å². The molecule has 0 aromatic carbocycles. The molecule has 3 N–H and O–H groups in total. The second-order valence-corrected chi connectivity index (χ2v) is 4.35. The van der Waals surface area contributed by atoms with Crippen molar-refractivity contribution >= 4 is 11.4 Å². The van der Waals surface area contributed by atoms with Gasteiger partial charge in [0.25, 0.3) is 0 Å². The largest absolute Gasteiger partial charge is 0.396 e. The van der Waals surface area contributed by atoms with Crippen molar-refractivity contribution in [3.63, 3.8) is 0 Å². The number of aromatic nitrogens is 1. The molecule has 88 valence electrons. The third-order valence-electron chi connectivity index (χ3n) is 3.21. The zero-order chi connectivity index (χ0) is 11.4. The molecule has 2 rings (SSSR count). The van der Waals surface area contributed by atoms with Crippen molar-refractivity contribution in [3.8, 4) is 0 Å². The van der Waals surface area contributed by atoms with Crippen molar-refractivity contribution in [3.05, 3.63) is 18.5 Å². The molecule has 1 aliphatic heterocycles. The minimum Gasteiger partial charge on any atom is -0.396 e. The molecule has 0 radical (unpaired) electrons. The topological polar surface area (TPSA) is 60.2 Å². The van der Waals surface area contributed by atoms with E-state index in [1.807, 2.05) is 6.07 Å². The Hall–Kier alpha value is -1.29. The number of anilines is 2. The minimum absolute atomic E-state index is 0.425. The zero-order valence-electron chi connectivity index (χ0n) is 9.65. The fourth-order valence-corrected chi connectivity index (χ4v) is 2.12. The second kappa shape index (κ2) is 5.16. The summed E-state index contributed by atoms with van der Waals surface area (Å²) >= 11 is 0. The van der Waals surface area contributed by atoms with E-state index < -0.39 is 0 Å². The number of nitrogen functional groups attached to an aromatic ring is 1. The van der Waals surface area contributed by atoms with Crippen molar-refractivity contribution in [2.24, 2.45) is 5.92 Å². The first-order valence-corrected chi connectivity index (χ1v) is 5.81. The molecule has 1 aromatic heterocycles. The third-order valence-corrected chi connectivity index (χ3v) is 3.21. The van der Waals surface area contributed by atoms with E-state index in [9.17, 15) is 0 Å². The molecule has 0 saturated carbocycles. The Morgan fingerprint density at radius 3 is 2.94 bits per heavy atom. The average Bonchev–Trinajstić information content (AvgIpc) is 2.33. The number of ether oxygens (including phenoxy) is 1. The van der Waals surface area contributed by atoms with Gasteiger partial charge in [0.2, 0.25) is 0 Å². The van der Waals surface area contributed by atoms with Crippen LogP contribution in [0.1, 0.15) is 19.8 Å². The van der Waals surface area contributed by atoms with Crippen LogP contribution in [0.5, 0.6) is 0 Å². The zero-order valence-corrected chi connectivity index (χ0v) is 9.65. The van der Waals surface area contributed by atoms with Crippen LogP contribution in [0.15, 0.2) is 18.5 Å². The van der Waals surface area contributed by atoms with Crippen LogP contribution in [0.3, 0.4) is 0 Å². The number of nitrogens with two attached hydrogens (primary N) is 1. The molecule has 0 spiro atoms. The van der Waals surface area contributed by atoms with Gasteiger partial charge in [-0.1, -0.05) is 0 Å². The molecule has 4 heteroatoms. The average molecular weight is 221 g/mol. The standard InChI is InChI=1S/C12H19N3O/c1-9(10-3-6-16-7-4-10)15-12-2-5-14-8-11(12)13/h2,5,8-10H,3-4,6-7,13H2,1H3,(H,14,15). The van der Waals surface area contributed by atoms with Gasteiger partial charge in [-0.05, 0) is 31.7 Å². The van der Waals surface area contributed by atoms with E-state index in [0.29, 0.717) is 17.6 Å². The summed E-state index contributed by atoms with van der Waals surface area (Å²) in [4.78, 5) is 3.98. The summed E-state index contributed by atoms with van der Waals surface area (Å²) in [5.74, 6) is 0.668. The van der Waals surface area contributed by atoms with Gasteiger partial charge >= 0.3 is 0 Å². The monoisotopic (exact) mass is 221 g/mol. The van der Waals surface area contributed by atoms with Crippen LogP contribution in [-0.2, 0) is 4.74 Å². The first-order valence-electron chi connectivity index (χ1n) is 5.81. The van der Waals surface area contributed by atoms with Gasteiger partial charge in [-0.3, -0.25) is 4.98 Å². The highest BCUT2D eigenvalue weighted by Gasteiger charge is 2.20. The normalized spacial score (nSPS) is 19.3. The van der Waals surface area contributed by atoms with Crippen LogP contribution in [0.2, 0.25) is 0 Å². The number of rotatable bonds is 3. The molecule has 2 heterocycles. The molecule has 0 amide bonds. The van der Waals surface area contributed by atoms with E-state index in [1.165, 1.54) is 0 Å². The molecule has 1 saturated heterocycles. The van der Waals surface area contributed by atoms with Gasteiger partial charge in [-0.15, -0.1) is 0 Å². The number of hydrogen-bond donors (Lipinski definition) is 2. The molecule has 0 bridgehead atoms. The highest BCUT2D eigenvalue weighted by Crippen LogP contribution is 2.24. The van der Waals surface area contributed by atoms with Crippen LogP contribution in [0.4, 0.5) is 11.4 Å². The van der Waals surface area contributed by atoms with Crippen molar-refractivity contribution in [1.82, 2.24) is 4.98 Å². The van der Waals surface area contributed by atoms with Crippen LogP contribution < -0.4 is 11.1 Å². The van der Waals surface area contributed by atoms with Crippen LogP contribution in [-0.4, -0.2) is 24.2 Å². The predicted molar refractivity (Wildman–Crippen MR) is 65.3 cm³/mol. The van der Waals surface area contributed by atoms with Crippen molar-refractivity contribution < 1.29 is 4.74 Å². The smallest absolute Gasteiger partial charge is 0.0736 e. The SMILES string of the molecule is CC(Nc1ccncc1N)C1CCOCC1. The van der Waals surface area contributed by atoms with Crippen LogP contribution in [0.25, 0.3) is 0 Å². The lowest BCUT2D eigenvalue weighted by atomic mass is 9.93. The molecule has 1 unspecified atom stereocenters. The molecule has 1 aromatic rings. The minimum atomic E-state index is 0.425. The number of nitrogens with zero attached hydrogens (tertiary/aromatic N) is 1. The van der Waals surface area contributed by atoms with Gasteiger partial charge in [0.1, 0.15) is 0 Å². The fraction of sp³-hybridized carbons (Fsp3) is 0.583. The van der Waals surface area contributed by atoms with Crippen LogP contribution >= 0.6 is 0 Å². The summed E-state index contributed by atoms with van der Waals surface area (Å²) in [7, 11) is 0. The molecule has 1 aliphatic rings. The van der Waals surface area contributed by atoms with Gasteiger partial charge in [0.05, 0.1) is 17.6 Å². The lowest BCUT2D eigenvalue weighted by molar-refractivity contribution is 0.0622. The molecule has 4 nitrogen and oxygen atoms in total. The molecule has 1 atom stereocenters. The quantitative estimate of drug-likeness (QED) is 0.818. The second-order valence-electron chi connectivity index (χ2n) is 4.35. The van der Waals surface area contributed by atoms with E-state index in [1.54, 1.807) is 12.4 Å². The maximum Gasteiger partial charge on any atom is 0.0736 e. The summed E-state index contributed by atoms with van der Waals surface area (Å²) in [5.41, 5.74) is 7.54. The molecule has 0 aliphatic carbocycles. The molecule has 1 fully saturated rings. The van der Waals surface area contributed by atoms with E-state index >= 15 is 0 Å². The predicted octanol–water partition coefficient (Wildman–Crippen LogP) is 1.89. The molecular weight excluding hydrogens is 202 g/mol. The van der Waals surface area contributed by atoms with E-state index in [0.717, 1.165) is 31.7 Å². The summed E-state index contributed by atoms with van der Waals surface area (Å²) in [6.07, 6.45) is 5.69. The van der Waals surface area contributed by atoms with E-state index in [4.69, 9.17) is 10.5 Å². The number of hydrogen-bond acceptors (Lipinski definition) is 4. The fourth-order valence-electron chi connectivity index (χ4n) is 2.12. The number of nitrogens with one attached hydrogen (secondary N) is 1. The Kier molecular flexibility index (Phi) is 3.62. The molecular formula is C12H19N3O. The highest BCUT2D eigenvalue weighted by molar-refractivity contribution is 5.64. The Morgan fingerprint density at radius 2 is 2.25 bits per heavy atom. The van der Waals surface area contributed by atoms with Crippen molar-refractivity contribution in [1.29, 1.82) is 0 Å². The Balaban J connectivity index is 1.96. The lowest BCUT2D eigenvalue weighted by Gasteiger charge is -2.29. The Labute approximate surface area is 96.2 Å². The van der Waals surface area contributed by atoms with Gasteiger partial charge in [0, 0.05) is 25.5 Å². The summed E-state index contributed by atoms with van der Waals surface area (Å²) in [6, 6.07) is 2.35. The van der Waals surface area contributed by atoms with Crippen molar-refractivity contribution in [2.45, 2.75) is 25.8 Å². The summed E-state index contributed by atoms with van der Waals surface area (Å²) in [5, 5.41) is 3.46.